The Morgan fingerprint density at radius 1 is 1.58 bits per heavy atom. The summed E-state index contributed by atoms with van der Waals surface area (Å²) in [6.45, 7) is 8.86. The van der Waals surface area contributed by atoms with Crippen LogP contribution in [-0.2, 0) is 0 Å². The van der Waals surface area contributed by atoms with Gasteiger partial charge in [0.2, 0.25) is 0 Å². The van der Waals surface area contributed by atoms with Gasteiger partial charge in [0.05, 0.1) is 5.54 Å². The van der Waals surface area contributed by atoms with Gasteiger partial charge in [-0.15, -0.1) is 0 Å². The summed E-state index contributed by atoms with van der Waals surface area (Å²) in [6.07, 6.45) is 5.51. The first kappa shape index (κ1) is 9.50. The van der Waals surface area contributed by atoms with E-state index < -0.39 is 0 Å². The lowest BCUT2D eigenvalue weighted by molar-refractivity contribution is 0.474. The molecule has 1 atom stereocenters. The van der Waals surface area contributed by atoms with Crippen molar-refractivity contribution in [1.82, 2.24) is 0 Å². The quantitative estimate of drug-likeness (QED) is 0.595. The van der Waals surface area contributed by atoms with Crippen molar-refractivity contribution in [1.29, 1.82) is 0 Å². The normalized spacial score (nSPS) is 32.7. The number of nitrogens with zero attached hydrogens (tertiary/aromatic N) is 1. The molecule has 1 unspecified atom stereocenters. The number of allylic oxidation sites excluding steroid dienone is 1. The minimum atomic E-state index is 0.200. The molecule has 0 amide bonds. The summed E-state index contributed by atoms with van der Waals surface area (Å²) < 4.78 is 0. The van der Waals surface area contributed by atoms with E-state index in [0.29, 0.717) is 0 Å². The molecule has 0 saturated carbocycles. The minimum Gasteiger partial charge on any atom is -0.286 e. The van der Waals surface area contributed by atoms with Crippen LogP contribution in [0.5, 0.6) is 0 Å². The molecule has 12 heavy (non-hydrogen) atoms. The van der Waals surface area contributed by atoms with Gasteiger partial charge in [0.15, 0.2) is 0 Å². The minimum absolute atomic E-state index is 0.200. The molecule has 68 valence electrons. The van der Waals surface area contributed by atoms with Crippen LogP contribution in [0.25, 0.3) is 0 Å². The second-order valence-corrected chi connectivity index (χ2v) is 3.94. The van der Waals surface area contributed by atoms with Crippen LogP contribution < -0.4 is 0 Å². The lowest BCUT2D eigenvalue weighted by atomic mass is 9.92. The van der Waals surface area contributed by atoms with Crippen LogP contribution in [0.2, 0.25) is 0 Å². The molecular formula is C11H19N. The summed E-state index contributed by atoms with van der Waals surface area (Å²) in [5, 5.41) is 0. The Labute approximate surface area is 75.6 Å². The molecule has 0 aromatic rings. The number of aliphatic imine (C=N–C) groups is 1. The van der Waals surface area contributed by atoms with E-state index >= 15 is 0 Å². The highest BCUT2D eigenvalue weighted by molar-refractivity contribution is 5.82. The summed E-state index contributed by atoms with van der Waals surface area (Å²) in [7, 11) is 0. The van der Waals surface area contributed by atoms with E-state index in [1.54, 1.807) is 0 Å². The maximum Gasteiger partial charge on any atom is 0.0618 e. The molecule has 0 N–H and O–H groups in total. The molecule has 1 rings (SSSR count). The van der Waals surface area contributed by atoms with Crippen molar-refractivity contribution in [3.63, 3.8) is 0 Å². The van der Waals surface area contributed by atoms with Gasteiger partial charge in [-0.1, -0.05) is 19.4 Å². The fourth-order valence-corrected chi connectivity index (χ4v) is 1.44. The molecule has 0 bridgehead atoms. The van der Waals surface area contributed by atoms with E-state index in [0.717, 1.165) is 19.3 Å². The predicted molar refractivity (Wildman–Crippen MR) is 54.8 cm³/mol. The first-order chi connectivity index (χ1) is 5.61. The second-order valence-electron chi connectivity index (χ2n) is 3.94. The van der Waals surface area contributed by atoms with E-state index in [1.165, 1.54) is 11.1 Å². The Kier molecular flexibility index (Phi) is 2.71. The molecule has 1 aliphatic heterocycles. The molecule has 1 aliphatic rings. The van der Waals surface area contributed by atoms with Crippen molar-refractivity contribution < 1.29 is 0 Å². The van der Waals surface area contributed by atoms with Crippen LogP contribution in [0, 0.1) is 0 Å². The highest BCUT2D eigenvalue weighted by Crippen LogP contribution is 2.31. The van der Waals surface area contributed by atoms with Gasteiger partial charge in [-0.2, -0.15) is 0 Å². The van der Waals surface area contributed by atoms with Gasteiger partial charge in [0, 0.05) is 6.21 Å². The molecule has 1 nitrogen and oxygen atoms in total. The predicted octanol–water partition coefficient (Wildman–Crippen LogP) is 3.36. The third-order valence-corrected chi connectivity index (χ3v) is 2.94. The maximum atomic E-state index is 4.55. The molecule has 0 saturated heterocycles. The Balaban J connectivity index is 2.77. The molecule has 0 aromatic heterocycles. The van der Waals surface area contributed by atoms with Gasteiger partial charge in [0.1, 0.15) is 0 Å². The molecule has 1 heteroatoms. The monoisotopic (exact) mass is 165 g/mol. The zero-order valence-corrected chi connectivity index (χ0v) is 8.65. The van der Waals surface area contributed by atoms with Crippen LogP contribution in [0.4, 0.5) is 0 Å². The largest absolute Gasteiger partial charge is 0.286 e. The van der Waals surface area contributed by atoms with Crippen molar-refractivity contribution in [2.75, 3.05) is 0 Å². The highest BCUT2D eigenvalue weighted by Gasteiger charge is 2.26. The van der Waals surface area contributed by atoms with Crippen molar-refractivity contribution >= 4 is 6.21 Å². The van der Waals surface area contributed by atoms with E-state index in [9.17, 15) is 0 Å². The van der Waals surface area contributed by atoms with Crippen molar-refractivity contribution in [2.24, 2.45) is 4.99 Å². The van der Waals surface area contributed by atoms with E-state index in [4.69, 9.17) is 0 Å². The second kappa shape index (κ2) is 3.42. The molecular weight excluding hydrogens is 146 g/mol. The Morgan fingerprint density at radius 3 is 2.67 bits per heavy atom. The fraction of sp³-hybridized carbons (Fsp3) is 0.727. The average molecular weight is 165 g/mol. The SMILES string of the molecule is CC/C(C)=C1\C=NC(C)(CC)C1. The lowest BCUT2D eigenvalue weighted by Gasteiger charge is -2.17. The molecule has 0 fully saturated rings. The molecule has 0 aromatic carbocycles. The standard InChI is InChI=1S/C11H19N/c1-5-9(3)10-7-11(4,6-2)12-8-10/h8H,5-7H2,1-4H3/b10-9-. The summed E-state index contributed by atoms with van der Waals surface area (Å²) in [4.78, 5) is 4.55. The van der Waals surface area contributed by atoms with Crippen molar-refractivity contribution in [2.45, 2.75) is 52.5 Å². The van der Waals surface area contributed by atoms with Crippen LogP contribution in [0.1, 0.15) is 47.0 Å². The Bertz CT molecular complexity index is 225. The number of hydrogen-bond acceptors (Lipinski definition) is 1. The Hall–Kier alpha value is -0.590. The first-order valence-corrected chi connectivity index (χ1v) is 4.85. The van der Waals surface area contributed by atoms with Gasteiger partial charge in [-0.25, -0.2) is 0 Å². The Morgan fingerprint density at radius 2 is 2.25 bits per heavy atom. The van der Waals surface area contributed by atoms with Gasteiger partial charge in [0.25, 0.3) is 0 Å². The molecule has 1 heterocycles. The smallest absolute Gasteiger partial charge is 0.0618 e. The molecule has 0 radical (unpaired) electrons. The maximum absolute atomic E-state index is 4.55. The molecule has 0 spiro atoms. The molecule has 0 aliphatic carbocycles. The topological polar surface area (TPSA) is 12.4 Å². The van der Waals surface area contributed by atoms with E-state index in [-0.39, 0.29) is 5.54 Å². The van der Waals surface area contributed by atoms with Crippen LogP contribution in [-0.4, -0.2) is 11.8 Å². The van der Waals surface area contributed by atoms with Gasteiger partial charge in [-0.05, 0) is 38.7 Å². The zero-order chi connectivity index (χ0) is 9.19. The van der Waals surface area contributed by atoms with Crippen LogP contribution >= 0.6 is 0 Å². The van der Waals surface area contributed by atoms with Gasteiger partial charge >= 0.3 is 0 Å². The van der Waals surface area contributed by atoms with Crippen molar-refractivity contribution in [3.8, 4) is 0 Å². The third-order valence-electron chi connectivity index (χ3n) is 2.94. The van der Waals surface area contributed by atoms with Gasteiger partial charge in [-0.3, -0.25) is 4.99 Å². The summed E-state index contributed by atoms with van der Waals surface area (Å²) in [5.74, 6) is 0. The number of hydrogen-bond donors (Lipinski definition) is 0. The highest BCUT2D eigenvalue weighted by atomic mass is 14.9. The van der Waals surface area contributed by atoms with Gasteiger partial charge < -0.3 is 0 Å². The zero-order valence-electron chi connectivity index (χ0n) is 8.65. The summed E-state index contributed by atoms with van der Waals surface area (Å²) in [5.41, 5.74) is 3.16. The summed E-state index contributed by atoms with van der Waals surface area (Å²) in [6, 6.07) is 0. The number of rotatable bonds is 2. The summed E-state index contributed by atoms with van der Waals surface area (Å²) >= 11 is 0. The van der Waals surface area contributed by atoms with Crippen LogP contribution in [0.15, 0.2) is 16.1 Å². The first-order valence-electron chi connectivity index (χ1n) is 4.85. The third kappa shape index (κ3) is 1.77. The lowest BCUT2D eigenvalue weighted by Crippen LogP contribution is -2.16. The van der Waals surface area contributed by atoms with Crippen LogP contribution in [0.3, 0.4) is 0 Å². The van der Waals surface area contributed by atoms with E-state index in [1.807, 2.05) is 0 Å². The average Bonchev–Trinajstić information content (AvgIpc) is 2.48. The van der Waals surface area contributed by atoms with E-state index in [2.05, 4.69) is 38.9 Å². The van der Waals surface area contributed by atoms with Crippen molar-refractivity contribution in [3.05, 3.63) is 11.1 Å². The fourth-order valence-electron chi connectivity index (χ4n) is 1.44.